The Labute approximate surface area is 154 Å². The molecule has 2 amide bonds. The predicted octanol–water partition coefficient (Wildman–Crippen LogP) is 3.60. The second kappa shape index (κ2) is 8.34. The van der Waals surface area contributed by atoms with Gasteiger partial charge in [-0.2, -0.15) is 0 Å². The number of amides is 2. The standard InChI is InChI=1S/C20H28N2O4/c1-4-11-22-16-9-8-15(12-14(16)7-10-18(22)24)21-17(23)13-20(5-2,6-3)19(25)26/h8-9,12H,4-7,10-11,13H2,1-3H3,(H,21,23)(H,25,26). The number of anilines is 2. The Hall–Kier alpha value is -2.37. The number of aryl methyl sites for hydroxylation is 1. The third kappa shape index (κ3) is 4.06. The van der Waals surface area contributed by atoms with Crippen LogP contribution in [0.5, 0.6) is 0 Å². The smallest absolute Gasteiger partial charge is 0.310 e. The lowest BCUT2D eigenvalue weighted by atomic mass is 9.79. The number of fused-ring (bicyclic) bond motifs is 1. The molecule has 1 aliphatic heterocycles. The van der Waals surface area contributed by atoms with Crippen molar-refractivity contribution in [3.05, 3.63) is 23.8 Å². The van der Waals surface area contributed by atoms with Crippen LogP contribution in [0.15, 0.2) is 18.2 Å². The molecular weight excluding hydrogens is 332 g/mol. The molecule has 0 aromatic heterocycles. The maximum Gasteiger partial charge on any atom is 0.310 e. The minimum atomic E-state index is -1.03. The van der Waals surface area contributed by atoms with Crippen molar-refractivity contribution in [3.8, 4) is 0 Å². The summed E-state index contributed by atoms with van der Waals surface area (Å²) in [5.74, 6) is -1.10. The van der Waals surface area contributed by atoms with Crippen LogP contribution < -0.4 is 10.2 Å². The molecule has 0 spiro atoms. The van der Waals surface area contributed by atoms with Gasteiger partial charge < -0.3 is 15.3 Å². The Bertz CT molecular complexity index is 695. The van der Waals surface area contributed by atoms with Crippen LogP contribution in [0.1, 0.15) is 58.4 Å². The molecule has 0 aliphatic carbocycles. The first-order valence-electron chi connectivity index (χ1n) is 9.33. The number of benzene rings is 1. The third-order valence-corrected chi connectivity index (χ3v) is 5.32. The lowest BCUT2D eigenvalue weighted by Crippen LogP contribution is -2.36. The van der Waals surface area contributed by atoms with E-state index in [1.807, 2.05) is 19.1 Å². The van der Waals surface area contributed by atoms with Crippen molar-refractivity contribution in [2.75, 3.05) is 16.8 Å². The fourth-order valence-electron chi connectivity index (χ4n) is 3.50. The Morgan fingerprint density at radius 1 is 1.19 bits per heavy atom. The number of carboxylic acid groups (broad SMARTS) is 1. The summed E-state index contributed by atoms with van der Waals surface area (Å²) in [6.45, 7) is 6.31. The molecule has 6 nitrogen and oxygen atoms in total. The van der Waals surface area contributed by atoms with Crippen molar-refractivity contribution < 1.29 is 19.5 Å². The van der Waals surface area contributed by atoms with Crippen molar-refractivity contribution in [2.24, 2.45) is 5.41 Å². The normalized spacial score (nSPS) is 14.1. The van der Waals surface area contributed by atoms with Crippen LogP contribution in [0.2, 0.25) is 0 Å². The molecule has 2 N–H and O–H groups in total. The number of carbonyl (C=O) groups excluding carboxylic acids is 2. The topological polar surface area (TPSA) is 86.7 Å². The molecule has 1 aromatic carbocycles. The van der Waals surface area contributed by atoms with E-state index in [4.69, 9.17) is 0 Å². The minimum Gasteiger partial charge on any atom is -0.481 e. The first-order valence-corrected chi connectivity index (χ1v) is 9.33. The van der Waals surface area contributed by atoms with Gasteiger partial charge in [-0.05, 0) is 49.4 Å². The Morgan fingerprint density at radius 2 is 1.88 bits per heavy atom. The number of rotatable bonds is 8. The highest BCUT2D eigenvalue weighted by atomic mass is 16.4. The number of carbonyl (C=O) groups is 3. The van der Waals surface area contributed by atoms with E-state index in [1.54, 1.807) is 24.8 Å². The molecule has 0 atom stereocenters. The second-order valence-electron chi connectivity index (χ2n) is 6.91. The summed E-state index contributed by atoms with van der Waals surface area (Å²) in [6, 6.07) is 5.53. The van der Waals surface area contributed by atoms with E-state index < -0.39 is 11.4 Å². The maximum absolute atomic E-state index is 12.4. The summed E-state index contributed by atoms with van der Waals surface area (Å²) < 4.78 is 0. The van der Waals surface area contributed by atoms with Crippen LogP contribution in [-0.4, -0.2) is 29.4 Å². The number of nitrogens with one attached hydrogen (secondary N) is 1. The Kier molecular flexibility index (Phi) is 6.40. The molecule has 1 heterocycles. The van der Waals surface area contributed by atoms with Gasteiger partial charge in [0.15, 0.2) is 0 Å². The Morgan fingerprint density at radius 3 is 2.46 bits per heavy atom. The van der Waals surface area contributed by atoms with Crippen LogP contribution in [-0.2, 0) is 20.8 Å². The van der Waals surface area contributed by atoms with E-state index in [0.29, 0.717) is 37.9 Å². The monoisotopic (exact) mass is 360 g/mol. The zero-order valence-corrected chi connectivity index (χ0v) is 15.8. The summed E-state index contributed by atoms with van der Waals surface area (Å²) in [7, 11) is 0. The van der Waals surface area contributed by atoms with Crippen molar-refractivity contribution in [2.45, 2.75) is 59.3 Å². The predicted molar refractivity (Wildman–Crippen MR) is 101 cm³/mol. The van der Waals surface area contributed by atoms with Crippen molar-refractivity contribution in [1.82, 2.24) is 0 Å². The summed E-state index contributed by atoms with van der Waals surface area (Å²) in [4.78, 5) is 37.9. The fraction of sp³-hybridized carbons (Fsp3) is 0.550. The van der Waals surface area contributed by atoms with Crippen molar-refractivity contribution >= 4 is 29.2 Å². The summed E-state index contributed by atoms with van der Waals surface area (Å²) in [5.41, 5.74) is 1.56. The van der Waals surface area contributed by atoms with E-state index in [1.165, 1.54) is 0 Å². The summed E-state index contributed by atoms with van der Waals surface area (Å²) in [5, 5.41) is 12.3. The van der Waals surface area contributed by atoms with E-state index in [9.17, 15) is 19.5 Å². The van der Waals surface area contributed by atoms with Crippen molar-refractivity contribution in [1.29, 1.82) is 0 Å². The quantitative estimate of drug-likeness (QED) is 0.742. The van der Waals surface area contributed by atoms with Gasteiger partial charge >= 0.3 is 5.97 Å². The minimum absolute atomic E-state index is 0.0487. The molecule has 26 heavy (non-hydrogen) atoms. The average Bonchev–Trinajstić information content (AvgIpc) is 2.62. The molecule has 0 radical (unpaired) electrons. The summed E-state index contributed by atoms with van der Waals surface area (Å²) >= 11 is 0. The molecule has 6 heteroatoms. The van der Waals surface area contributed by atoms with Gasteiger partial charge in [-0.25, -0.2) is 0 Å². The van der Waals surface area contributed by atoms with E-state index in [0.717, 1.165) is 17.7 Å². The molecule has 142 valence electrons. The molecule has 2 rings (SSSR count). The van der Waals surface area contributed by atoms with Crippen LogP contribution in [0, 0.1) is 5.41 Å². The van der Waals surface area contributed by atoms with E-state index in [-0.39, 0.29) is 18.2 Å². The van der Waals surface area contributed by atoms with E-state index >= 15 is 0 Å². The molecule has 1 aliphatic rings. The second-order valence-corrected chi connectivity index (χ2v) is 6.91. The van der Waals surface area contributed by atoms with Crippen LogP contribution >= 0.6 is 0 Å². The van der Waals surface area contributed by atoms with Gasteiger partial charge in [-0.15, -0.1) is 0 Å². The average molecular weight is 360 g/mol. The molecular formula is C20H28N2O4. The molecule has 1 aromatic rings. The first kappa shape index (κ1) is 19.9. The highest BCUT2D eigenvalue weighted by molar-refractivity contribution is 5.98. The van der Waals surface area contributed by atoms with Gasteiger partial charge in [0.1, 0.15) is 0 Å². The fourth-order valence-corrected chi connectivity index (χ4v) is 3.50. The number of hydrogen-bond donors (Lipinski definition) is 2. The highest BCUT2D eigenvalue weighted by Gasteiger charge is 2.37. The van der Waals surface area contributed by atoms with Crippen LogP contribution in [0.3, 0.4) is 0 Å². The van der Waals surface area contributed by atoms with Gasteiger partial charge in [0.05, 0.1) is 5.41 Å². The molecule has 0 saturated heterocycles. The van der Waals surface area contributed by atoms with Gasteiger partial charge in [0, 0.05) is 30.8 Å². The van der Waals surface area contributed by atoms with Crippen molar-refractivity contribution in [3.63, 3.8) is 0 Å². The SMILES string of the molecule is CCCN1C(=O)CCc2cc(NC(=O)CC(CC)(CC)C(=O)O)ccc21. The van der Waals surface area contributed by atoms with Crippen LogP contribution in [0.4, 0.5) is 11.4 Å². The van der Waals surface area contributed by atoms with Gasteiger partial charge in [0.2, 0.25) is 11.8 Å². The molecule has 0 bridgehead atoms. The molecule has 0 unspecified atom stereocenters. The third-order valence-electron chi connectivity index (χ3n) is 5.32. The zero-order chi connectivity index (χ0) is 19.3. The number of aliphatic carboxylic acids is 1. The van der Waals surface area contributed by atoms with E-state index in [2.05, 4.69) is 5.32 Å². The zero-order valence-electron chi connectivity index (χ0n) is 15.8. The lowest BCUT2D eigenvalue weighted by molar-refractivity contribution is -0.151. The lowest BCUT2D eigenvalue weighted by Gasteiger charge is -2.30. The number of hydrogen-bond acceptors (Lipinski definition) is 3. The number of carboxylic acids is 1. The van der Waals surface area contributed by atoms with Gasteiger partial charge in [-0.1, -0.05) is 20.8 Å². The summed E-state index contributed by atoms with van der Waals surface area (Å²) in [6.07, 6.45) is 2.77. The largest absolute Gasteiger partial charge is 0.481 e. The first-order chi connectivity index (χ1) is 12.4. The van der Waals surface area contributed by atoms with Crippen LogP contribution in [0.25, 0.3) is 0 Å². The molecule has 0 fully saturated rings. The Balaban J connectivity index is 2.15. The number of nitrogens with zero attached hydrogens (tertiary/aromatic N) is 1. The van der Waals surface area contributed by atoms with Gasteiger partial charge in [0.25, 0.3) is 0 Å². The highest BCUT2D eigenvalue weighted by Crippen LogP contribution is 2.33. The maximum atomic E-state index is 12.4. The van der Waals surface area contributed by atoms with Gasteiger partial charge in [-0.3, -0.25) is 14.4 Å². The molecule has 0 saturated carbocycles.